The number of hydrogen-bond donors (Lipinski definition) is 4. The number of nitrogens with one attached hydrogen (secondary N) is 2. The van der Waals surface area contributed by atoms with Gasteiger partial charge < -0.3 is 30.9 Å². The number of H-pyrrole nitrogens is 1. The molecular formula is C30H42ClFN6O5. The maximum absolute atomic E-state index is 14.4. The fraction of sp³-hybridized carbons (Fsp3) is 0.467. The molecule has 0 radical (unpaired) electrons. The number of nitrogens with two attached hydrogens (primary N) is 1. The summed E-state index contributed by atoms with van der Waals surface area (Å²) in [6.45, 7) is 10.9. The number of carbonyl (C=O) groups excluding carboxylic acids is 3. The molecule has 0 aliphatic carbocycles. The van der Waals surface area contributed by atoms with Crippen molar-refractivity contribution in [3.63, 3.8) is 0 Å². The fourth-order valence-electron chi connectivity index (χ4n) is 5.21. The fourth-order valence-corrected chi connectivity index (χ4v) is 5.21. The molecule has 0 saturated carbocycles. The maximum atomic E-state index is 14.4. The Morgan fingerprint density at radius 2 is 1.86 bits per heavy atom. The summed E-state index contributed by atoms with van der Waals surface area (Å²) in [5.41, 5.74) is 8.00. The van der Waals surface area contributed by atoms with Gasteiger partial charge in [-0.15, -0.1) is 12.4 Å². The zero-order chi connectivity index (χ0) is 31.1. The zero-order valence-corrected chi connectivity index (χ0v) is 26.1. The van der Waals surface area contributed by atoms with E-state index in [1.165, 1.54) is 19.2 Å². The number of carboxylic acid groups (broad SMARTS) is 1. The second kappa shape index (κ2) is 15.6. The summed E-state index contributed by atoms with van der Waals surface area (Å²) in [6.07, 6.45) is 2.74. The third-order valence-corrected chi connectivity index (χ3v) is 7.70. The SMILES string of the molecule is CCN(CC)CCNC(=O)c1c(C)[nH]c(/C=C2\C(=O)N(C(=O)N(C)[C@@H](CCCCN)C(=O)O)c3ccc(F)cc32)c1C.Cl. The van der Waals surface area contributed by atoms with E-state index in [-0.39, 0.29) is 41.6 Å². The quantitative estimate of drug-likeness (QED) is 0.196. The summed E-state index contributed by atoms with van der Waals surface area (Å²) >= 11 is 0. The van der Waals surface area contributed by atoms with E-state index in [0.29, 0.717) is 55.0 Å². The first-order chi connectivity index (χ1) is 20.0. The van der Waals surface area contributed by atoms with Crippen LogP contribution in [0.5, 0.6) is 0 Å². The van der Waals surface area contributed by atoms with E-state index in [1.54, 1.807) is 13.8 Å². The molecule has 1 aliphatic heterocycles. The van der Waals surface area contributed by atoms with Crippen LogP contribution in [0, 0.1) is 19.7 Å². The number of rotatable bonds is 13. The average molecular weight is 621 g/mol. The molecule has 5 N–H and O–H groups in total. The third-order valence-electron chi connectivity index (χ3n) is 7.70. The molecule has 2 heterocycles. The zero-order valence-electron chi connectivity index (χ0n) is 25.3. The van der Waals surface area contributed by atoms with Crippen LogP contribution in [0.2, 0.25) is 0 Å². The van der Waals surface area contributed by atoms with Crippen LogP contribution in [0.3, 0.4) is 0 Å². The Bertz CT molecular complexity index is 1370. The Morgan fingerprint density at radius 3 is 2.47 bits per heavy atom. The summed E-state index contributed by atoms with van der Waals surface area (Å²) in [7, 11) is 1.32. The average Bonchev–Trinajstić information content (AvgIpc) is 3.38. The highest BCUT2D eigenvalue weighted by molar-refractivity contribution is 6.42. The van der Waals surface area contributed by atoms with Crippen LogP contribution < -0.4 is 16.0 Å². The largest absolute Gasteiger partial charge is 0.480 e. The number of halogens is 2. The van der Waals surface area contributed by atoms with E-state index < -0.39 is 29.8 Å². The van der Waals surface area contributed by atoms with Gasteiger partial charge in [-0.2, -0.15) is 0 Å². The van der Waals surface area contributed by atoms with Crippen LogP contribution >= 0.6 is 12.4 Å². The number of aryl methyl sites for hydroxylation is 1. The molecule has 4 amide bonds. The molecule has 3 rings (SSSR count). The molecule has 1 atom stereocenters. The topological polar surface area (TPSA) is 152 Å². The maximum Gasteiger partial charge on any atom is 0.332 e. The second-order valence-corrected chi connectivity index (χ2v) is 10.3. The van der Waals surface area contributed by atoms with Gasteiger partial charge in [0.15, 0.2) is 0 Å². The van der Waals surface area contributed by atoms with E-state index in [9.17, 15) is 28.7 Å². The second-order valence-electron chi connectivity index (χ2n) is 10.3. The van der Waals surface area contributed by atoms with Gasteiger partial charge in [-0.3, -0.25) is 9.59 Å². The van der Waals surface area contributed by atoms with E-state index >= 15 is 0 Å². The van der Waals surface area contributed by atoms with Crippen LogP contribution in [0.1, 0.15) is 66.0 Å². The number of benzene rings is 1. The van der Waals surface area contributed by atoms with Crippen LogP contribution in [-0.2, 0) is 9.59 Å². The van der Waals surface area contributed by atoms with Crippen LogP contribution in [0.25, 0.3) is 11.6 Å². The molecule has 43 heavy (non-hydrogen) atoms. The van der Waals surface area contributed by atoms with E-state index in [4.69, 9.17) is 5.73 Å². The Hall–Kier alpha value is -3.74. The van der Waals surface area contributed by atoms with Gasteiger partial charge in [-0.05, 0) is 82.6 Å². The number of amides is 4. The number of hydrogen-bond acceptors (Lipinski definition) is 6. The standard InChI is InChI=1S/C30H41FN6O5.ClH/c1-6-36(7-2)15-14-33-27(38)26-18(3)23(34-19(26)4)17-22-21-16-20(31)11-12-24(21)37(28(22)39)30(42)35(5)25(29(40)41)10-8-9-13-32;/h11-12,16-17,25,34H,6-10,13-15,32H2,1-5H3,(H,33,38)(H,40,41);1H/b22-17-;/t25-;/m0./s1. The molecule has 0 saturated heterocycles. The minimum absolute atomic E-state index is 0. The van der Waals surface area contributed by atoms with Crippen LogP contribution in [0.4, 0.5) is 14.9 Å². The van der Waals surface area contributed by atoms with Crippen LogP contribution in [0.15, 0.2) is 18.2 Å². The highest BCUT2D eigenvalue weighted by atomic mass is 35.5. The normalized spacial score (nSPS) is 14.1. The lowest BCUT2D eigenvalue weighted by molar-refractivity contribution is -0.142. The number of aromatic nitrogens is 1. The van der Waals surface area contributed by atoms with Gasteiger partial charge >= 0.3 is 12.0 Å². The van der Waals surface area contributed by atoms with Crippen molar-refractivity contribution in [1.82, 2.24) is 20.1 Å². The Labute approximate surface area is 257 Å². The molecular weight excluding hydrogens is 579 g/mol. The molecule has 1 aromatic heterocycles. The molecule has 1 aliphatic rings. The van der Waals surface area contributed by atoms with Crippen molar-refractivity contribution in [1.29, 1.82) is 0 Å². The first-order valence-electron chi connectivity index (χ1n) is 14.2. The number of likely N-dealkylation sites (N-methyl/N-ethyl adjacent to an activating group) is 2. The third kappa shape index (κ3) is 7.81. The van der Waals surface area contributed by atoms with Crippen molar-refractivity contribution in [3.8, 4) is 0 Å². The van der Waals surface area contributed by atoms with Crippen molar-refractivity contribution in [2.45, 2.75) is 53.0 Å². The molecule has 0 spiro atoms. The van der Waals surface area contributed by atoms with E-state index in [2.05, 4.69) is 29.0 Å². The van der Waals surface area contributed by atoms with Crippen LogP contribution in [-0.4, -0.2) is 89.5 Å². The summed E-state index contributed by atoms with van der Waals surface area (Å²) < 4.78 is 14.4. The number of nitrogens with zero attached hydrogens (tertiary/aromatic N) is 3. The molecule has 0 fully saturated rings. The molecule has 11 nitrogen and oxygen atoms in total. The first kappa shape index (κ1) is 35.5. The molecule has 2 aromatic rings. The predicted molar refractivity (Wildman–Crippen MR) is 167 cm³/mol. The molecule has 0 bridgehead atoms. The number of anilines is 1. The number of aliphatic carboxylic acids is 1. The number of fused-ring (bicyclic) bond motifs is 1. The highest BCUT2D eigenvalue weighted by Gasteiger charge is 2.41. The predicted octanol–water partition coefficient (Wildman–Crippen LogP) is 3.79. The van der Waals surface area contributed by atoms with Gasteiger partial charge in [-0.1, -0.05) is 13.8 Å². The lowest BCUT2D eigenvalue weighted by Crippen LogP contribution is -2.50. The number of carbonyl (C=O) groups is 4. The Morgan fingerprint density at radius 1 is 1.19 bits per heavy atom. The number of urea groups is 1. The first-order valence-corrected chi connectivity index (χ1v) is 14.2. The summed E-state index contributed by atoms with van der Waals surface area (Å²) in [5.74, 6) is -2.79. The van der Waals surface area contributed by atoms with Crippen molar-refractivity contribution in [2.24, 2.45) is 5.73 Å². The number of unbranched alkanes of at least 4 members (excludes halogenated alkanes) is 1. The lowest BCUT2D eigenvalue weighted by Gasteiger charge is -2.28. The monoisotopic (exact) mass is 620 g/mol. The Balaban J connectivity index is 0.00000645. The van der Waals surface area contributed by atoms with Gasteiger partial charge in [0.1, 0.15) is 11.9 Å². The minimum atomic E-state index is -1.20. The molecule has 0 unspecified atom stereocenters. The smallest absolute Gasteiger partial charge is 0.332 e. The van der Waals surface area contributed by atoms with Gasteiger partial charge in [0, 0.05) is 37.1 Å². The number of carboxylic acids is 1. The molecule has 1 aromatic carbocycles. The van der Waals surface area contributed by atoms with E-state index in [0.717, 1.165) is 35.0 Å². The lowest BCUT2D eigenvalue weighted by atomic mass is 10.0. The van der Waals surface area contributed by atoms with Crippen molar-refractivity contribution in [3.05, 3.63) is 52.1 Å². The Kier molecular flexibility index (Phi) is 12.9. The summed E-state index contributed by atoms with van der Waals surface area (Å²) in [5, 5.41) is 12.7. The van der Waals surface area contributed by atoms with Gasteiger partial charge in [-0.25, -0.2) is 18.9 Å². The van der Waals surface area contributed by atoms with E-state index in [1.807, 2.05) is 0 Å². The van der Waals surface area contributed by atoms with Gasteiger partial charge in [0.05, 0.1) is 16.8 Å². The van der Waals surface area contributed by atoms with Crippen molar-refractivity contribution in [2.75, 3.05) is 44.7 Å². The minimum Gasteiger partial charge on any atom is -0.480 e. The van der Waals surface area contributed by atoms with Gasteiger partial charge in [0.2, 0.25) is 0 Å². The highest BCUT2D eigenvalue weighted by Crippen LogP contribution is 2.39. The van der Waals surface area contributed by atoms with Crippen molar-refractivity contribution < 1.29 is 28.7 Å². The summed E-state index contributed by atoms with van der Waals surface area (Å²) in [6, 6.07) is 1.60. The number of aromatic amines is 1. The van der Waals surface area contributed by atoms with Crippen molar-refractivity contribution >= 4 is 53.6 Å². The summed E-state index contributed by atoms with van der Waals surface area (Å²) in [4.78, 5) is 59.4. The molecule has 236 valence electrons. The van der Waals surface area contributed by atoms with Gasteiger partial charge in [0.25, 0.3) is 11.8 Å². The number of imide groups is 1. The molecule has 13 heteroatoms.